The van der Waals surface area contributed by atoms with Gasteiger partial charge in [0.2, 0.25) is 0 Å². The molecule has 0 saturated heterocycles. The summed E-state index contributed by atoms with van der Waals surface area (Å²) in [7, 11) is -2.21. The third-order valence-electron chi connectivity index (χ3n) is 1.26. The summed E-state index contributed by atoms with van der Waals surface area (Å²) in [6.07, 6.45) is 10.0. The van der Waals surface area contributed by atoms with Gasteiger partial charge in [0.05, 0.1) is 0 Å². The predicted octanol–water partition coefficient (Wildman–Crippen LogP) is 6.58. The summed E-state index contributed by atoms with van der Waals surface area (Å²) in [5.74, 6) is 0. The zero-order chi connectivity index (χ0) is 11.2. The Kier molecular flexibility index (Phi) is 41.9. The normalized spacial score (nSPS) is 10.7. The summed E-state index contributed by atoms with van der Waals surface area (Å²) in [5, 5.41) is 0. The van der Waals surface area contributed by atoms with Gasteiger partial charge in [0.25, 0.3) is 0 Å². The van der Waals surface area contributed by atoms with Crippen molar-refractivity contribution in [3.05, 3.63) is 66.1 Å². The van der Waals surface area contributed by atoms with E-state index in [2.05, 4.69) is 51.4 Å². The fourth-order valence-corrected chi connectivity index (χ4v) is 9.40. The number of hydrogen-bond acceptors (Lipinski definition) is 0. The second kappa shape index (κ2) is 19.6. The van der Waals surface area contributed by atoms with Gasteiger partial charge in [0.1, 0.15) is 0 Å². The number of allylic oxidation sites excluding steroid dienone is 4. The molecule has 0 fully saturated rings. The minimum absolute atomic E-state index is 0. The maximum absolute atomic E-state index is 4.82. The molecule has 0 unspecified atom stereocenters. The van der Waals surface area contributed by atoms with Crippen LogP contribution in [0.3, 0.4) is 0 Å². The topological polar surface area (TPSA) is 14.1 Å². The van der Waals surface area contributed by atoms with E-state index in [0.29, 0.717) is 0 Å². The van der Waals surface area contributed by atoms with Crippen molar-refractivity contribution in [3.63, 3.8) is 0 Å². The molecule has 0 N–H and O–H groups in total. The van der Waals surface area contributed by atoms with Crippen molar-refractivity contribution in [3.8, 4) is 0 Å². The van der Waals surface area contributed by atoms with Crippen molar-refractivity contribution < 1.29 is 21.7 Å². The summed E-state index contributed by atoms with van der Waals surface area (Å²) in [6, 6.07) is 0. The second-order valence-corrected chi connectivity index (χ2v) is 15.0. The fourth-order valence-electron chi connectivity index (χ4n) is 1.35. The van der Waals surface area contributed by atoms with E-state index in [4.69, 9.17) is 4.65 Å². The molecule has 0 aliphatic heterocycles. The molecule has 0 atom stereocenters. The Morgan fingerprint density at radius 2 is 1.15 bits per heavy atom. The van der Waals surface area contributed by atoms with Crippen LogP contribution in [0.1, 0.15) is 6.42 Å². The first-order chi connectivity index (χ1) is 6.21. The summed E-state index contributed by atoms with van der Waals surface area (Å²) < 4.78 is 4.82. The molecule has 4 heteroatoms. The van der Waals surface area contributed by atoms with Crippen molar-refractivity contribution in [2.24, 2.45) is 0 Å². The Morgan fingerprint density at radius 3 is 1.20 bits per heavy atom. The van der Waals surface area contributed by atoms with E-state index >= 15 is 0 Å². The molecule has 1 aliphatic rings. The van der Waals surface area contributed by atoms with E-state index in [0.717, 1.165) is 6.42 Å². The predicted molar refractivity (Wildman–Crippen MR) is 104 cm³/mol. The standard InChI is InChI=1S/C6H18NSi2.C5H5.5CH3.Ti/c1-8(2,3)7-9(4,5)6;1-2-4-5-3-1;;;;;;/h1-6H3;1-3H,4H2;5*1H3;/q7*-1;. The molecule has 126 valence electrons. The summed E-state index contributed by atoms with van der Waals surface area (Å²) >= 11 is 0. The molecular weight excluding hydrogens is 310 g/mol. The third kappa shape index (κ3) is 42.8. The van der Waals surface area contributed by atoms with Gasteiger partial charge in [-0.25, -0.2) is 12.2 Å². The van der Waals surface area contributed by atoms with Crippen LogP contribution in [0.2, 0.25) is 39.3 Å². The van der Waals surface area contributed by atoms with Gasteiger partial charge in [0.15, 0.2) is 0 Å². The summed E-state index contributed by atoms with van der Waals surface area (Å²) in [5.41, 5.74) is 0. The fraction of sp³-hybridized carbons (Fsp3) is 0.438. The molecule has 0 heterocycles. The molecule has 0 aromatic heterocycles. The van der Waals surface area contributed by atoms with Crippen LogP contribution in [0.4, 0.5) is 0 Å². The van der Waals surface area contributed by atoms with Crippen molar-refractivity contribution in [1.29, 1.82) is 0 Å². The first-order valence-corrected chi connectivity index (χ1v) is 12.1. The molecule has 0 amide bonds. The van der Waals surface area contributed by atoms with E-state index in [1.165, 1.54) is 0 Å². The molecule has 0 bridgehead atoms. The molecule has 1 aliphatic carbocycles. The van der Waals surface area contributed by atoms with Gasteiger partial charge in [-0.15, -0.1) is 6.42 Å². The first kappa shape index (κ1) is 42.8. The summed E-state index contributed by atoms with van der Waals surface area (Å²) in [6.45, 7) is 13.8. The van der Waals surface area contributed by atoms with Gasteiger partial charge in [-0.1, -0.05) is 55.8 Å². The Labute approximate surface area is 149 Å². The second-order valence-electron chi connectivity index (χ2n) is 5.46. The van der Waals surface area contributed by atoms with Crippen LogP contribution >= 0.6 is 0 Å². The van der Waals surface area contributed by atoms with Crippen LogP contribution in [0, 0.1) is 43.2 Å². The summed E-state index contributed by atoms with van der Waals surface area (Å²) in [4.78, 5) is 0. The van der Waals surface area contributed by atoms with Crippen molar-refractivity contribution in [1.82, 2.24) is 0 Å². The maximum atomic E-state index is 4.82. The van der Waals surface area contributed by atoms with Gasteiger partial charge < -0.3 is 41.8 Å². The zero-order valence-electron chi connectivity index (χ0n) is 15.9. The first-order valence-electron chi connectivity index (χ1n) is 5.16. The SMILES string of the molecule is C[Si](C)(C)[N-][Si](C)(C)C.[C-]1=CC=CC1.[CH3-].[CH3-].[CH3-].[CH3-].[CH3-].[Ti]. The Balaban J connectivity index is -0.0000000276. The van der Waals surface area contributed by atoms with E-state index in [9.17, 15) is 0 Å². The Bertz CT molecular complexity index is 191. The Hall–Kier alpha value is 0.588. The van der Waals surface area contributed by atoms with Crippen molar-refractivity contribution in [2.45, 2.75) is 45.7 Å². The van der Waals surface area contributed by atoms with Gasteiger partial charge in [-0.05, 0) is 0 Å². The molecular formula is C16H38NSi2Ti-7. The molecule has 20 heavy (non-hydrogen) atoms. The van der Waals surface area contributed by atoms with E-state index in [1.807, 2.05) is 12.2 Å². The molecule has 0 saturated carbocycles. The molecule has 0 aromatic carbocycles. The third-order valence-corrected chi connectivity index (χ3v) is 6.62. The Morgan fingerprint density at radius 1 is 0.800 bits per heavy atom. The number of rotatable bonds is 2. The van der Waals surface area contributed by atoms with Gasteiger partial charge in [-0.2, -0.15) is 6.08 Å². The smallest absolute Gasteiger partial charge is 0 e. The maximum Gasteiger partial charge on any atom is 0 e. The molecule has 0 spiro atoms. The average Bonchev–Trinajstić information content (AvgIpc) is 2.29. The van der Waals surface area contributed by atoms with Crippen LogP contribution in [-0.2, 0) is 21.7 Å². The molecule has 1 rings (SSSR count). The number of nitrogens with zero attached hydrogens (tertiary/aromatic N) is 1. The average molecular weight is 349 g/mol. The molecule has 0 aromatic rings. The van der Waals surface area contributed by atoms with E-state index in [-0.39, 0.29) is 58.9 Å². The minimum Gasteiger partial charge on any atom is -0.668 e. The van der Waals surface area contributed by atoms with E-state index in [1.54, 1.807) is 0 Å². The largest absolute Gasteiger partial charge is 0.668 e. The van der Waals surface area contributed by atoms with Gasteiger partial charge >= 0.3 is 0 Å². The van der Waals surface area contributed by atoms with Crippen LogP contribution in [0.25, 0.3) is 4.65 Å². The zero-order valence-corrected chi connectivity index (χ0v) is 19.4. The quantitative estimate of drug-likeness (QED) is 0.395. The van der Waals surface area contributed by atoms with Crippen molar-refractivity contribution in [2.75, 3.05) is 0 Å². The molecule has 1 nitrogen and oxygen atoms in total. The van der Waals surface area contributed by atoms with Crippen LogP contribution < -0.4 is 0 Å². The van der Waals surface area contributed by atoms with Crippen LogP contribution in [0.15, 0.2) is 18.2 Å². The van der Waals surface area contributed by atoms with Crippen LogP contribution in [-0.4, -0.2) is 16.5 Å². The monoisotopic (exact) mass is 348 g/mol. The van der Waals surface area contributed by atoms with E-state index < -0.39 is 16.5 Å². The van der Waals surface area contributed by atoms with Crippen molar-refractivity contribution >= 4 is 16.5 Å². The minimum atomic E-state index is -1.11. The van der Waals surface area contributed by atoms with Crippen LogP contribution in [0.5, 0.6) is 0 Å². The van der Waals surface area contributed by atoms with Gasteiger partial charge in [-0.3, -0.25) is 6.08 Å². The van der Waals surface area contributed by atoms with Gasteiger partial charge in [0, 0.05) is 21.7 Å². The molecule has 0 radical (unpaired) electrons. The number of hydrogen-bond donors (Lipinski definition) is 0.